The molecule has 13 rings (SSSR count). The molecule has 0 amide bonds. The van der Waals surface area contributed by atoms with Crippen molar-refractivity contribution >= 4 is 21.7 Å². The molecule has 0 unspecified atom stereocenters. The third-order valence-electron chi connectivity index (χ3n) is 13.1. The van der Waals surface area contributed by atoms with Gasteiger partial charge in [-0.05, 0) is 81.2 Å². The maximum absolute atomic E-state index is 6.63. The molecule has 0 saturated heterocycles. The Morgan fingerprint density at radius 1 is 0.312 bits per heavy atom. The van der Waals surface area contributed by atoms with E-state index in [1.807, 2.05) is 24.3 Å². The van der Waals surface area contributed by atoms with Gasteiger partial charge in [0.25, 0.3) is 0 Å². The Hall–Kier alpha value is -8.47. The Morgan fingerprint density at radius 3 is 1.64 bits per heavy atom. The van der Waals surface area contributed by atoms with Crippen molar-refractivity contribution in [1.82, 2.24) is 15.0 Å². The van der Waals surface area contributed by atoms with Crippen LogP contribution in [0.5, 0.6) is 11.5 Å². The lowest BCUT2D eigenvalue weighted by molar-refractivity contribution is 0.436. The molecule has 2 aliphatic rings. The molecule has 0 saturated carbocycles. The zero-order valence-electron chi connectivity index (χ0n) is 34.6. The molecule has 0 atom stereocenters. The fraction of sp³-hybridized carbons (Fsp3) is 0.0167. The van der Waals surface area contributed by atoms with E-state index in [2.05, 4.69) is 200 Å². The van der Waals surface area contributed by atoms with E-state index >= 15 is 0 Å². The lowest BCUT2D eigenvalue weighted by Crippen LogP contribution is -2.32. The fourth-order valence-corrected chi connectivity index (χ4v) is 10.3. The summed E-state index contributed by atoms with van der Waals surface area (Å²) in [6, 6.07) is 79.5. The van der Waals surface area contributed by atoms with Gasteiger partial charge in [-0.15, -0.1) is 0 Å². The summed E-state index contributed by atoms with van der Waals surface area (Å²) in [5.74, 6) is 2.46. The highest BCUT2D eigenvalue weighted by Gasteiger charge is 2.51. The van der Waals surface area contributed by atoms with Gasteiger partial charge >= 0.3 is 0 Å². The minimum absolute atomic E-state index is 0.560. The number of rotatable bonds is 5. The number of ether oxygens (including phenoxy) is 1. The molecular formula is C60H37N3O. The van der Waals surface area contributed by atoms with E-state index in [9.17, 15) is 0 Å². The van der Waals surface area contributed by atoms with Crippen LogP contribution in [0, 0.1) is 0 Å². The third-order valence-corrected chi connectivity index (χ3v) is 13.1. The van der Waals surface area contributed by atoms with Gasteiger partial charge in [0.15, 0.2) is 5.82 Å². The van der Waals surface area contributed by atoms with Crippen LogP contribution in [0.25, 0.3) is 89.1 Å². The average Bonchev–Trinajstić information content (AvgIpc) is 3.65. The summed E-state index contributed by atoms with van der Waals surface area (Å²) in [7, 11) is 0. The van der Waals surface area contributed by atoms with Crippen LogP contribution < -0.4 is 4.74 Å². The zero-order valence-corrected chi connectivity index (χ0v) is 34.6. The molecule has 0 radical (unpaired) electrons. The molecule has 0 bridgehead atoms. The number of hydrogen-bond donors (Lipinski definition) is 0. The first-order chi connectivity index (χ1) is 31.7. The fourth-order valence-electron chi connectivity index (χ4n) is 10.3. The molecule has 298 valence electrons. The van der Waals surface area contributed by atoms with Crippen molar-refractivity contribution in [3.05, 3.63) is 247 Å². The van der Waals surface area contributed by atoms with Gasteiger partial charge in [0, 0.05) is 44.2 Å². The second kappa shape index (κ2) is 14.3. The van der Waals surface area contributed by atoms with Crippen molar-refractivity contribution in [3.8, 4) is 78.9 Å². The molecule has 64 heavy (non-hydrogen) atoms. The highest BCUT2D eigenvalue weighted by Crippen LogP contribution is 2.62. The lowest BCUT2D eigenvalue weighted by atomic mass is 9.66. The normalized spacial score (nSPS) is 12.9. The highest BCUT2D eigenvalue weighted by molar-refractivity contribution is 6.13. The van der Waals surface area contributed by atoms with Crippen molar-refractivity contribution < 1.29 is 4.74 Å². The van der Waals surface area contributed by atoms with E-state index in [0.717, 1.165) is 83.8 Å². The van der Waals surface area contributed by atoms with Crippen LogP contribution in [0.15, 0.2) is 224 Å². The van der Waals surface area contributed by atoms with Crippen molar-refractivity contribution in [3.63, 3.8) is 0 Å². The van der Waals surface area contributed by atoms with Gasteiger partial charge in [0.1, 0.15) is 11.5 Å². The summed E-state index contributed by atoms with van der Waals surface area (Å²) in [4.78, 5) is 15.7. The van der Waals surface area contributed by atoms with Crippen LogP contribution in [0.2, 0.25) is 0 Å². The largest absolute Gasteiger partial charge is 0.457 e. The molecule has 0 fully saturated rings. The van der Waals surface area contributed by atoms with Crippen LogP contribution in [0.4, 0.5) is 0 Å². The Bertz CT molecular complexity index is 3590. The Morgan fingerprint density at radius 2 is 0.891 bits per heavy atom. The standard InChI is InChI=1S/C60H37N3O/c1-3-16-38(17-4-1)42-20-15-21-43(34-42)55-37-54(62-59(63-55)41-18-5-2-6-19-41)39-30-32-40(33-31-39)58-48-35-47-44-22-7-9-24-49(44)60(52(47)36-46(48)45-23-8-12-27-53(45)61-58)50-25-10-13-28-56(50)64-57-29-14-11-26-51(57)60/h1-37H. The second-order valence-corrected chi connectivity index (χ2v) is 16.7. The van der Waals surface area contributed by atoms with Gasteiger partial charge in [-0.25, -0.2) is 15.0 Å². The smallest absolute Gasteiger partial charge is 0.160 e. The van der Waals surface area contributed by atoms with E-state index in [1.165, 1.54) is 33.2 Å². The van der Waals surface area contributed by atoms with Gasteiger partial charge in [0.05, 0.1) is 28.0 Å². The van der Waals surface area contributed by atoms with E-state index < -0.39 is 5.41 Å². The summed E-state index contributed by atoms with van der Waals surface area (Å²) < 4.78 is 6.63. The van der Waals surface area contributed by atoms with Gasteiger partial charge < -0.3 is 4.74 Å². The maximum Gasteiger partial charge on any atom is 0.160 e. The van der Waals surface area contributed by atoms with Crippen LogP contribution >= 0.6 is 0 Å². The molecule has 1 aliphatic carbocycles. The van der Waals surface area contributed by atoms with Gasteiger partial charge in [0.2, 0.25) is 0 Å². The van der Waals surface area contributed by atoms with Crippen molar-refractivity contribution in [2.45, 2.75) is 5.41 Å². The zero-order chi connectivity index (χ0) is 42.2. The van der Waals surface area contributed by atoms with Gasteiger partial charge in [-0.3, -0.25) is 0 Å². The predicted molar refractivity (Wildman–Crippen MR) is 259 cm³/mol. The van der Waals surface area contributed by atoms with E-state index in [-0.39, 0.29) is 0 Å². The first-order valence-corrected chi connectivity index (χ1v) is 21.8. The first-order valence-electron chi connectivity index (χ1n) is 21.8. The Labute approximate surface area is 370 Å². The van der Waals surface area contributed by atoms with E-state index in [4.69, 9.17) is 19.7 Å². The summed E-state index contributed by atoms with van der Waals surface area (Å²) in [6.07, 6.45) is 0. The Kier molecular flexibility index (Phi) is 8.09. The molecule has 0 N–H and O–H groups in total. The first kappa shape index (κ1) is 36.2. The number of nitrogens with zero attached hydrogens (tertiary/aromatic N) is 3. The summed E-state index contributed by atoms with van der Waals surface area (Å²) in [5, 5.41) is 3.40. The van der Waals surface area contributed by atoms with Crippen molar-refractivity contribution in [2.75, 3.05) is 0 Å². The summed E-state index contributed by atoms with van der Waals surface area (Å²) in [6.45, 7) is 0. The second-order valence-electron chi connectivity index (χ2n) is 16.7. The SMILES string of the molecule is c1ccc(-c2cccc(-c3cc(-c4ccc(-c5nc6ccccc6c6cc7c(cc56)-c5ccccc5C75c6ccccc6Oc6ccccc65)cc4)nc(-c4ccccc4)n3)c2)cc1. The highest BCUT2D eigenvalue weighted by atomic mass is 16.5. The lowest BCUT2D eigenvalue weighted by Gasteiger charge is -2.39. The van der Waals surface area contributed by atoms with Crippen molar-refractivity contribution in [1.29, 1.82) is 0 Å². The minimum atomic E-state index is -0.560. The predicted octanol–water partition coefficient (Wildman–Crippen LogP) is 15.0. The summed E-state index contributed by atoms with van der Waals surface area (Å²) in [5.41, 5.74) is 16.7. The number of benzene rings is 9. The molecule has 11 aromatic rings. The average molecular weight is 816 g/mol. The molecule has 4 nitrogen and oxygen atoms in total. The number of hydrogen-bond acceptors (Lipinski definition) is 4. The number of aromatic nitrogens is 3. The maximum atomic E-state index is 6.63. The van der Waals surface area contributed by atoms with Gasteiger partial charge in [-0.2, -0.15) is 0 Å². The van der Waals surface area contributed by atoms with E-state index in [0.29, 0.717) is 5.82 Å². The third kappa shape index (κ3) is 5.52. The van der Waals surface area contributed by atoms with Crippen molar-refractivity contribution in [2.24, 2.45) is 0 Å². The Balaban J connectivity index is 0.986. The number of fused-ring (bicyclic) bond motifs is 12. The molecule has 3 heterocycles. The molecule has 4 heteroatoms. The molecule has 2 aromatic heterocycles. The number of pyridine rings is 1. The monoisotopic (exact) mass is 815 g/mol. The number of para-hydroxylation sites is 3. The van der Waals surface area contributed by atoms with Crippen LogP contribution in [0.1, 0.15) is 22.3 Å². The van der Waals surface area contributed by atoms with Gasteiger partial charge in [-0.1, -0.05) is 182 Å². The summed E-state index contributed by atoms with van der Waals surface area (Å²) >= 11 is 0. The van der Waals surface area contributed by atoms with Crippen LogP contribution in [-0.4, -0.2) is 15.0 Å². The van der Waals surface area contributed by atoms with Crippen LogP contribution in [-0.2, 0) is 5.41 Å². The van der Waals surface area contributed by atoms with Crippen LogP contribution in [0.3, 0.4) is 0 Å². The quantitative estimate of drug-likeness (QED) is 0.162. The minimum Gasteiger partial charge on any atom is -0.457 e. The molecule has 1 aliphatic heterocycles. The molecule has 9 aromatic carbocycles. The molecule has 1 spiro atoms. The van der Waals surface area contributed by atoms with E-state index in [1.54, 1.807) is 0 Å². The molecular weight excluding hydrogens is 779 g/mol. The topological polar surface area (TPSA) is 47.9 Å².